The second kappa shape index (κ2) is 5.83. The zero-order valence-electron chi connectivity index (χ0n) is 11.4. The summed E-state index contributed by atoms with van der Waals surface area (Å²) in [5.41, 5.74) is 5.36. The van der Waals surface area contributed by atoms with E-state index >= 15 is 0 Å². The second-order valence-corrected chi connectivity index (χ2v) is 5.01. The van der Waals surface area contributed by atoms with Crippen LogP contribution in [0, 0.1) is 6.92 Å². The SMILES string of the molecule is Cc1ccccc1-c1ccccc1CNC(C)C. The topological polar surface area (TPSA) is 12.0 Å². The molecule has 0 bridgehead atoms. The van der Waals surface area contributed by atoms with Crippen molar-refractivity contribution in [3.8, 4) is 11.1 Å². The van der Waals surface area contributed by atoms with Gasteiger partial charge >= 0.3 is 0 Å². The molecular weight excluding hydrogens is 218 g/mol. The van der Waals surface area contributed by atoms with E-state index in [1.54, 1.807) is 0 Å². The van der Waals surface area contributed by atoms with Crippen molar-refractivity contribution in [2.75, 3.05) is 0 Å². The van der Waals surface area contributed by atoms with Gasteiger partial charge in [-0.05, 0) is 29.2 Å². The summed E-state index contributed by atoms with van der Waals surface area (Å²) in [5, 5.41) is 3.49. The van der Waals surface area contributed by atoms with E-state index in [-0.39, 0.29) is 0 Å². The van der Waals surface area contributed by atoms with Crippen molar-refractivity contribution in [1.29, 1.82) is 0 Å². The lowest BCUT2D eigenvalue weighted by molar-refractivity contribution is 0.589. The molecular formula is C17H21N. The summed E-state index contributed by atoms with van der Waals surface area (Å²) in [6, 6.07) is 17.7. The fourth-order valence-corrected chi connectivity index (χ4v) is 2.13. The van der Waals surface area contributed by atoms with Crippen LogP contribution in [0.3, 0.4) is 0 Å². The predicted octanol–water partition coefficient (Wildman–Crippen LogP) is 4.16. The second-order valence-electron chi connectivity index (χ2n) is 5.01. The van der Waals surface area contributed by atoms with E-state index in [4.69, 9.17) is 0 Å². The monoisotopic (exact) mass is 239 g/mol. The largest absolute Gasteiger partial charge is 0.310 e. The average Bonchev–Trinajstić information content (AvgIpc) is 2.37. The van der Waals surface area contributed by atoms with Crippen molar-refractivity contribution in [2.24, 2.45) is 0 Å². The highest BCUT2D eigenvalue weighted by Gasteiger charge is 2.06. The minimum Gasteiger partial charge on any atom is -0.310 e. The maximum absolute atomic E-state index is 3.49. The van der Waals surface area contributed by atoms with Crippen LogP contribution in [0.4, 0.5) is 0 Å². The van der Waals surface area contributed by atoms with Gasteiger partial charge in [-0.3, -0.25) is 0 Å². The van der Waals surface area contributed by atoms with Gasteiger partial charge in [0, 0.05) is 12.6 Å². The van der Waals surface area contributed by atoms with Crippen LogP contribution in [0.15, 0.2) is 48.5 Å². The van der Waals surface area contributed by atoms with E-state index in [1.807, 2.05) is 0 Å². The highest BCUT2D eigenvalue weighted by molar-refractivity contribution is 5.70. The quantitative estimate of drug-likeness (QED) is 0.844. The number of nitrogens with one attached hydrogen (secondary N) is 1. The van der Waals surface area contributed by atoms with Gasteiger partial charge in [-0.25, -0.2) is 0 Å². The van der Waals surface area contributed by atoms with Crippen LogP contribution in [-0.2, 0) is 6.54 Å². The van der Waals surface area contributed by atoms with Crippen LogP contribution in [0.5, 0.6) is 0 Å². The fourth-order valence-electron chi connectivity index (χ4n) is 2.13. The molecule has 2 aromatic rings. The summed E-state index contributed by atoms with van der Waals surface area (Å²) in [4.78, 5) is 0. The van der Waals surface area contributed by atoms with Crippen LogP contribution < -0.4 is 5.32 Å². The van der Waals surface area contributed by atoms with Gasteiger partial charge in [0.2, 0.25) is 0 Å². The van der Waals surface area contributed by atoms with Crippen LogP contribution in [0.2, 0.25) is 0 Å². The Hall–Kier alpha value is -1.60. The lowest BCUT2D eigenvalue weighted by Crippen LogP contribution is -2.22. The van der Waals surface area contributed by atoms with Crippen LogP contribution >= 0.6 is 0 Å². The van der Waals surface area contributed by atoms with Crippen molar-refractivity contribution >= 4 is 0 Å². The first-order valence-corrected chi connectivity index (χ1v) is 6.56. The van der Waals surface area contributed by atoms with Crippen molar-refractivity contribution in [2.45, 2.75) is 33.4 Å². The Morgan fingerprint density at radius 2 is 1.50 bits per heavy atom. The van der Waals surface area contributed by atoms with Crippen molar-refractivity contribution in [3.05, 3.63) is 59.7 Å². The Kier molecular flexibility index (Phi) is 4.16. The number of rotatable bonds is 4. The molecule has 0 aliphatic heterocycles. The summed E-state index contributed by atoms with van der Waals surface area (Å²) in [5.74, 6) is 0. The number of aryl methyl sites for hydroxylation is 1. The van der Waals surface area contributed by atoms with E-state index in [1.165, 1.54) is 22.3 Å². The Morgan fingerprint density at radius 1 is 0.889 bits per heavy atom. The third-order valence-electron chi connectivity index (χ3n) is 3.15. The molecule has 18 heavy (non-hydrogen) atoms. The molecule has 94 valence electrons. The molecule has 0 aliphatic rings. The summed E-state index contributed by atoms with van der Waals surface area (Å²) >= 11 is 0. The molecule has 0 aromatic heterocycles. The molecule has 0 saturated carbocycles. The van der Waals surface area contributed by atoms with Crippen LogP contribution in [0.1, 0.15) is 25.0 Å². The number of hydrogen-bond acceptors (Lipinski definition) is 1. The summed E-state index contributed by atoms with van der Waals surface area (Å²) in [6.45, 7) is 7.44. The Morgan fingerprint density at radius 3 is 2.17 bits per heavy atom. The Bertz CT molecular complexity index is 515. The summed E-state index contributed by atoms with van der Waals surface area (Å²) < 4.78 is 0. The molecule has 2 aromatic carbocycles. The first kappa shape index (κ1) is 12.8. The van der Waals surface area contributed by atoms with Crippen LogP contribution in [0.25, 0.3) is 11.1 Å². The van der Waals surface area contributed by atoms with E-state index in [9.17, 15) is 0 Å². The summed E-state index contributed by atoms with van der Waals surface area (Å²) in [7, 11) is 0. The highest BCUT2D eigenvalue weighted by Crippen LogP contribution is 2.26. The van der Waals surface area contributed by atoms with E-state index in [0.717, 1.165) is 6.54 Å². The molecule has 0 saturated heterocycles. The maximum Gasteiger partial charge on any atom is 0.0214 e. The van der Waals surface area contributed by atoms with Gasteiger partial charge in [-0.15, -0.1) is 0 Å². The minimum atomic E-state index is 0.509. The minimum absolute atomic E-state index is 0.509. The number of hydrogen-bond donors (Lipinski definition) is 1. The molecule has 0 heterocycles. The lowest BCUT2D eigenvalue weighted by atomic mass is 9.96. The molecule has 0 spiro atoms. The van der Waals surface area contributed by atoms with Crippen molar-refractivity contribution in [3.63, 3.8) is 0 Å². The van der Waals surface area contributed by atoms with Gasteiger partial charge in [0.1, 0.15) is 0 Å². The number of benzene rings is 2. The van der Waals surface area contributed by atoms with Gasteiger partial charge in [-0.1, -0.05) is 62.4 Å². The fraction of sp³-hybridized carbons (Fsp3) is 0.294. The van der Waals surface area contributed by atoms with E-state index in [0.29, 0.717) is 6.04 Å². The molecule has 1 heteroatoms. The van der Waals surface area contributed by atoms with Gasteiger partial charge < -0.3 is 5.32 Å². The molecule has 0 unspecified atom stereocenters. The Balaban J connectivity index is 2.36. The van der Waals surface area contributed by atoms with Gasteiger partial charge in [-0.2, -0.15) is 0 Å². The molecule has 2 rings (SSSR count). The molecule has 0 fully saturated rings. The van der Waals surface area contributed by atoms with E-state index in [2.05, 4.69) is 74.6 Å². The van der Waals surface area contributed by atoms with Crippen LogP contribution in [-0.4, -0.2) is 6.04 Å². The van der Waals surface area contributed by atoms with Gasteiger partial charge in [0.05, 0.1) is 0 Å². The van der Waals surface area contributed by atoms with Gasteiger partial charge in [0.25, 0.3) is 0 Å². The predicted molar refractivity (Wildman–Crippen MR) is 78.6 cm³/mol. The first-order valence-electron chi connectivity index (χ1n) is 6.56. The molecule has 0 atom stereocenters. The van der Waals surface area contributed by atoms with Gasteiger partial charge in [0.15, 0.2) is 0 Å². The van der Waals surface area contributed by atoms with E-state index < -0.39 is 0 Å². The molecule has 0 aliphatic carbocycles. The Labute approximate surface area is 110 Å². The normalized spacial score (nSPS) is 10.9. The molecule has 1 N–H and O–H groups in total. The first-order chi connectivity index (χ1) is 8.68. The zero-order valence-corrected chi connectivity index (χ0v) is 11.4. The molecule has 1 nitrogen and oxygen atoms in total. The zero-order chi connectivity index (χ0) is 13.0. The highest BCUT2D eigenvalue weighted by atomic mass is 14.9. The molecule has 0 amide bonds. The maximum atomic E-state index is 3.49. The summed E-state index contributed by atoms with van der Waals surface area (Å²) in [6.07, 6.45) is 0. The third-order valence-corrected chi connectivity index (χ3v) is 3.15. The third kappa shape index (κ3) is 2.99. The lowest BCUT2D eigenvalue weighted by Gasteiger charge is -2.14. The average molecular weight is 239 g/mol. The van der Waals surface area contributed by atoms with Crippen molar-refractivity contribution < 1.29 is 0 Å². The molecule has 0 radical (unpaired) electrons. The van der Waals surface area contributed by atoms with Crippen molar-refractivity contribution in [1.82, 2.24) is 5.32 Å². The standard InChI is InChI=1S/C17H21N/c1-13(2)18-12-15-9-5-7-11-17(15)16-10-6-4-8-14(16)3/h4-11,13,18H,12H2,1-3H3. The smallest absolute Gasteiger partial charge is 0.0214 e.